The summed E-state index contributed by atoms with van der Waals surface area (Å²) in [4.78, 5) is 0. The van der Waals surface area contributed by atoms with Gasteiger partial charge in [-0.2, -0.15) is 5.26 Å². The maximum atomic E-state index is 8.87. The second-order valence-electron chi connectivity index (χ2n) is 3.34. The summed E-state index contributed by atoms with van der Waals surface area (Å²) in [5.41, 5.74) is 2.88. The van der Waals surface area contributed by atoms with Crippen LogP contribution >= 0.6 is 0 Å². The number of benzene rings is 1. The fourth-order valence-electron chi connectivity index (χ4n) is 1.15. The summed E-state index contributed by atoms with van der Waals surface area (Å²) in [5, 5.41) is 8.87. The Hall–Kier alpha value is -1.81. The van der Waals surface area contributed by atoms with Crippen molar-refractivity contribution in [2.45, 2.75) is 13.8 Å². The van der Waals surface area contributed by atoms with E-state index in [0.29, 0.717) is 5.57 Å². The van der Waals surface area contributed by atoms with Crippen LogP contribution < -0.4 is 0 Å². The van der Waals surface area contributed by atoms with E-state index in [1.54, 1.807) is 0 Å². The zero-order valence-corrected chi connectivity index (χ0v) is 8.49. The van der Waals surface area contributed by atoms with Crippen LogP contribution in [0.2, 0.25) is 0 Å². The summed E-state index contributed by atoms with van der Waals surface area (Å²) in [6, 6.07) is 12.0. The molecule has 0 amide bonds. The lowest BCUT2D eigenvalue weighted by Gasteiger charge is -1.93. The van der Waals surface area contributed by atoms with Gasteiger partial charge in [0.15, 0.2) is 0 Å². The van der Waals surface area contributed by atoms with E-state index in [-0.39, 0.29) is 0 Å². The van der Waals surface area contributed by atoms with Crippen molar-refractivity contribution in [2.24, 2.45) is 0 Å². The highest BCUT2D eigenvalue weighted by Gasteiger charge is 1.91. The van der Waals surface area contributed by atoms with E-state index in [1.165, 1.54) is 0 Å². The molecule has 70 valence electrons. The molecule has 0 aliphatic heterocycles. The Balaban J connectivity index is 2.98. The third-order valence-corrected chi connectivity index (χ3v) is 1.70. The Bertz CT molecular complexity index is 387. The van der Waals surface area contributed by atoms with E-state index in [2.05, 4.69) is 6.07 Å². The van der Waals surface area contributed by atoms with Crippen molar-refractivity contribution in [3.63, 3.8) is 0 Å². The van der Waals surface area contributed by atoms with Gasteiger partial charge in [-0.15, -0.1) is 0 Å². The van der Waals surface area contributed by atoms with Crippen molar-refractivity contribution in [2.75, 3.05) is 0 Å². The second-order valence-corrected chi connectivity index (χ2v) is 3.34. The van der Waals surface area contributed by atoms with E-state index >= 15 is 0 Å². The van der Waals surface area contributed by atoms with E-state index in [9.17, 15) is 0 Å². The van der Waals surface area contributed by atoms with Gasteiger partial charge in [-0.05, 0) is 31.6 Å². The maximum Gasteiger partial charge on any atom is 0.0991 e. The lowest BCUT2D eigenvalue weighted by Crippen LogP contribution is -1.76. The van der Waals surface area contributed by atoms with Gasteiger partial charge in [-0.25, -0.2) is 0 Å². The molecule has 0 bridgehead atoms. The molecule has 1 aromatic carbocycles. The molecule has 0 unspecified atom stereocenters. The molecule has 0 spiro atoms. The second kappa shape index (κ2) is 5.04. The molecule has 0 radical (unpaired) electrons. The van der Waals surface area contributed by atoms with Gasteiger partial charge in [-0.3, -0.25) is 0 Å². The molecule has 1 aromatic rings. The Kier molecular flexibility index (Phi) is 3.69. The highest BCUT2D eigenvalue weighted by molar-refractivity contribution is 5.60. The van der Waals surface area contributed by atoms with Crippen molar-refractivity contribution in [3.05, 3.63) is 53.1 Å². The lowest BCUT2D eigenvalue weighted by atomic mass is 10.1. The van der Waals surface area contributed by atoms with Gasteiger partial charge in [0.2, 0.25) is 0 Å². The van der Waals surface area contributed by atoms with Crippen LogP contribution in [0, 0.1) is 11.3 Å². The van der Waals surface area contributed by atoms with Crippen LogP contribution in [0.25, 0.3) is 6.08 Å². The Labute approximate surface area is 85.0 Å². The molecular weight excluding hydrogens is 170 g/mol. The first-order chi connectivity index (χ1) is 6.72. The fraction of sp³-hybridized carbons (Fsp3) is 0.154. The molecule has 1 heteroatoms. The van der Waals surface area contributed by atoms with Crippen molar-refractivity contribution in [1.82, 2.24) is 0 Å². The van der Waals surface area contributed by atoms with Gasteiger partial charge in [0, 0.05) is 0 Å². The monoisotopic (exact) mass is 183 g/mol. The van der Waals surface area contributed by atoms with Crippen LogP contribution in [0.3, 0.4) is 0 Å². The van der Waals surface area contributed by atoms with Crippen LogP contribution in [-0.4, -0.2) is 0 Å². The summed E-state index contributed by atoms with van der Waals surface area (Å²) in [6.07, 6.45) is 3.76. The molecule has 0 saturated carbocycles. The van der Waals surface area contributed by atoms with E-state index in [0.717, 1.165) is 11.1 Å². The molecule has 0 saturated heterocycles. The summed E-state index contributed by atoms with van der Waals surface area (Å²) in [6.45, 7) is 3.96. The zero-order valence-electron chi connectivity index (χ0n) is 8.49. The molecule has 1 rings (SSSR count). The van der Waals surface area contributed by atoms with E-state index in [4.69, 9.17) is 5.26 Å². The van der Waals surface area contributed by atoms with Gasteiger partial charge in [0.25, 0.3) is 0 Å². The van der Waals surface area contributed by atoms with Gasteiger partial charge < -0.3 is 0 Å². The number of allylic oxidation sites excluding steroid dienone is 3. The van der Waals surface area contributed by atoms with Crippen molar-refractivity contribution in [1.29, 1.82) is 5.26 Å². The van der Waals surface area contributed by atoms with Crippen molar-refractivity contribution in [3.8, 4) is 6.07 Å². The SMILES string of the molecule is CC(C)=CC(C#N)=Cc1ccccc1. The Morgan fingerprint density at radius 1 is 1.21 bits per heavy atom. The topological polar surface area (TPSA) is 23.8 Å². The number of nitriles is 1. The van der Waals surface area contributed by atoms with Crippen LogP contribution in [-0.2, 0) is 0 Å². The van der Waals surface area contributed by atoms with Gasteiger partial charge in [0.05, 0.1) is 11.6 Å². The van der Waals surface area contributed by atoms with Crippen LogP contribution in [0.5, 0.6) is 0 Å². The van der Waals surface area contributed by atoms with Crippen LogP contribution in [0.15, 0.2) is 47.6 Å². The molecule has 1 nitrogen and oxygen atoms in total. The van der Waals surface area contributed by atoms with Gasteiger partial charge in [-0.1, -0.05) is 35.9 Å². The molecule has 0 fully saturated rings. The average molecular weight is 183 g/mol. The summed E-state index contributed by atoms with van der Waals surface area (Å²) < 4.78 is 0. The molecule has 0 atom stereocenters. The largest absolute Gasteiger partial charge is 0.192 e. The highest BCUT2D eigenvalue weighted by Crippen LogP contribution is 2.08. The minimum absolute atomic E-state index is 0.691. The number of rotatable bonds is 2. The quantitative estimate of drug-likeness (QED) is 0.508. The van der Waals surface area contributed by atoms with Crippen molar-refractivity contribution < 1.29 is 0 Å². The minimum Gasteiger partial charge on any atom is -0.192 e. The lowest BCUT2D eigenvalue weighted by molar-refractivity contribution is 1.37. The molecule has 0 aliphatic rings. The fourth-order valence-corrected chi connectivity index (χ4v) is 1.15. The average Bonchev–Trinajstić information content (AvgIpc) is 2.17. The van der Waals surface area contributed by atoms with Crippen molar-refractivity contribution >= 4 is 6.08 Å². The predicted molar refractivity (Wildman–Crippen MR) is 59.5 cm³/mol. The molecule has 0 aromatic heterocycles. The van der Waals surface area contributed by atoms with Gasteiger partial charge in [0.1, 0.15) is 0 Å². The van der Waals surface area contributed by atoms with E-state index < -0.39 is 0 Å². The smallest absolute Gasteiger partial charge is 0.0991 e. The normalized spacial score (nSPS) is 10.5. The third kappa shape index (κ3) is 3.28. The maximum absolute atomic E-state index is 8.87. The number of nitrogens with zero attached hydrogens (tertiary/aromatic N) is 1. The first-order valence-electron chi connectivity index (χ1n) is 4.54. The van der Waals surface area contributed by atoms with Crippen LogP contribution in [0.1, 0.15) is 19.4 Å². The highest BCUT2D eigenvalue weighted by atomic mass is 14.2. The van der Waals surface area contributed by atoms with Crippen LogP contribution in [0.4, 0.5) is 0 Å². The Morgan fingerprint density at radius 3 is 2.36 bits per heavy atom. The molecule has 0 N–H and O–H groups in total. The Morgan fingerprint density at radius 2 is 1.86 bits per heavy atom. The predicted octanol–water partition coefficient (Wildman–Crippen LogP) is 3.56. The van der Waals surface area contributed by atoms with Gasteiger partial charge >= 0.3 is 0 Å². The molecule has 0 aliphatic carbocycles. The minimum atomic E-state index is 0.691. The summed E-state index contributed by atoms with van der Waals surface area (Å²) in [7, 11) is 0. The number of hydrogen-bond acceptors (Lipinski definition) is 1. The first kappa shape index (κ1) is 10.3. The molecule has 14 heavy (non-hydrogen) atoms. The number of hydrogen-bond donors (Lipinski definition) is 0. The summed E-state index contributed by atoms with van der Waals surface area (Å²) >= 11 is 0. The van der Waals surface area contributed by atoms with E-state index in [1.807, 2.05) is 56.3 Å². The molecule has 0 heterocycles. The summed E-state index contributed by atoms with van der Waals surface area (Å²) in [5.74, 6) is 0. The standard InChI is InChI=1S/C13H13N/c1-11(2)8-13(10-14)9-12-6-4-3-5-7-12/h3-9H,1-2H3. The zero-order chi connectivity index (χ0) is 10.4. The first-order valence-corrected chi connectivity index (χ1v) is 4.54. The third-order valence-electron chi connectivity index (χ3n) is 1.70. The molecular formula is C13H13N.